The zero-order valence-electron chi connectivity index (χ0n) is 17.5. The molecule has 0 bridgehead atoms. The van der Waals surface area contributed by atoms with Crippen LogP contribution in [0.1, 0.15) is 65.2 Å². The third-order valence-corrected chi connectivity index (χ3v) is 6.05. The monoisotopic (exact) mass is 400 g/mol. The molecule has 2 aromatic rings. The summed E-state index contributed by atoms with van der Waals surface area (Å²) in [6, 6.07) is 18.0. The van der Waals surface area contributed by atoms with Crippen LogP contribution in [0.3, 0.4) is 0 Å². The first kappa shape index (κ1) is 22.5. The van der Waals surface area contributed by atoms with E-state index in [1.165, 1.54) is 57.1 Å². The lowest BCUT2D eigenvalue weighted by molar-refractivity contribution is 0.608. The molecule has 154 valence electrons. The van der Waals surface area contributed by atoms with E-state index in [1.807, 2.05) is 42.5 Å². The van der Waals surface area contributed by atoms with Crippen LogP contribution < -0.4 is 9.62 Å². The lowest BCUT2D eigenvalue weighted by Crippen LogP contribution is -2.26. The molecular weight excluding hydrogens is 364 g/mol. The van der Waals surface area contributed by atoms with Crippen LogP contribution in [0.15, 0.2) is 59.5 Å². The van der Waals surface area contributed by atoms with E-state index < -0.39 is 11.0 Å². The number of rotatable bonds is 14. The smallest absolute Gasteiger partial charge is 0.150 e. The average Bonchev–Trinajstić information content (AvgIpc) is 2.73. The first-order valence-corrected chi connectivity index (χ1v) is 12.0. The number of hydrogen-bond donors (Lipinski definition) is 1. The van der Waals surface area contributed by atoms with E-state index in [-0.39, 0.29) is 0 Å². The Bertz CT molecular complexity index is 678. The maximum absolute atomic E-state index is 12.8. The third-order valence-electron chi connectivity index (χ3n) is 4.94. The SMILES string of the molecule is CCCCCCN(CCCCCC)c1cccc(S(=O)Nc2ccccc2)c1. The summed E-state index contributed by atoms with van der Waals surface area (Å²) in [6.45, 7) is 6.66. The summed E-state index contributed by atoms with van der Waals surface area (Å²) in [6.07, 6.45) is 10.1. The van der Waals surface area contributed by atoms with E-state index in [9.17, 15) is 4.21 Å². The summed E-state index contributed by atoms with van der Waals surface area (Å²) in [7, 11) is -1.26. The van der Waals surface area contributed by atoms with Crippen LogP contribution in [0.2, 0.25) is 0 Å². The second kappa shape index (κ2) is 13.4. The Morgan fingerprint density at radius 2 is 1.43 bits per heavy atom. The van der Waals surface area contributed by atoms with Gasteiger partial charge >= 0.3 is 0 Å². The molecular formula is C24H36N2OS. The van der Waals surface area contributed by atoms with Crippen LogP contribution in [0.4, 0.5) is 11.4 Å². The van der Waals surface area contributed by atoms with Crippen molar-refractivity contribution in [2.45, 2.75) is 70.1 Å². The Kier molecular flexibility index (Phi) is 10.7. The third kappa shape index (κ3) is 8.05. The molecule has 2 rings (SSSR count). The summed E-state index contributed by atoms with van der Waals surface area (Å²) in [5.74, 6) is 0. The van der Waals surface area contributed by atoms with Crippen LogP contribution >= 0.6 is 0 Å². The Labute approximate surface area is 174 Å². The van der Waals surface area contributed by atoms with E-state index in [1.54, 1.807) is 0 Å². The fourth-order valence-electron chi connectivity index (χ4n) is 3.30. The molecule has 1 unspecified atom stereocenters. The molecule has 0 fully saturated rings. The van der Waals surface area contributed by atoms with E-state index >= 15 is 0 Å². The van der Waals surface area contributed by atoms with Gasteiger partial charge in [-0.2, -0.15) is 0 Å². The Morgan fingerprint density at radius 3 is 2.04 bits per heavy atom. The van der Waals surface area contributed by atoms with E-state index in [4.69, 9.17) is 0 Å². The summed E-state index contributed by atoms with van der Waals surface area (Å²) in [4.78, 5) is 3.31. The van der Waals surface area contributed by atoms with Gasteiger partial charge in [-0.25, -0.2) is 4.21 Å². The van der Waals surface area contributed by atoms with Gasteiger partial charge in [-0.05, 0) is 43.2 Å². The van der Waals surface area contributed by atoms with Crippen molar-refractivity contribution in [3.63, 3.8) is 0 Å². The lowest BCUT2D eigenvalue weighted by Gasteiger charge is -2.25. The molecule has 0 aliphatic heterocycles. The molecule has 0 saturated heterocycles. The summed E-state index contributed by atoms with van der Waals surface area (Å²) >= 11 is 0. The van der Waals surface area contributed by atoms with Gasteiger partial charge in [0.25, 0.3) is 0 Å². The molecule has 0 radical (unpaired) electrons. The van der Waals surface area contributed by atoms with Crippen molar-refractivity contribution in [3.8, 4) is 0 Å². The largest absolute Gasteiger partial charge is 0.372 e. The molecule has 0 aliphatic rings. The van der Waals surface area contributed by atoms with Gasteiger partial charge in [0.2, 0.25) is 0 Å². The Balaban J connectivity index is 2.04. The number of nitrogens with one attached hydrogen (secondary N) is 1. The van der Waals surface area contributed by atoms with E-state index in [0.717, 1.165) is 23.7 Å². The highest BCUT2D eigenvalue weighted by Gasteiger charge is 2.10. The predicted molar refractivity (Wildman–Crippen MR) is 123 cm³/mol. The fraction of sp³-hybridized carbons (Fsp3) is 0.500. The molecule has 28 heavy (non-hydrogen) atoms. The molecule has 0 spiro atoms. The summed E-state index contributed by atoms with van der Waals surface area (Å²) < 4.78 is 15.9. The molecule has 2 aromatic carbocycles. The molecule has 1 atom stereocenters. The van der Waals surface area contributed by atoms with Crippen molar-refractivity contribution in [1.82, 2.24) is 0 Å². The molecule has 1 N–H and O–H groups in total. The number of para-hydroxylation sites is 1. The van der Waals surface area contributed by atoms with Gasteiger partial charge in [0.1, 0.15) is 11.0 Å². The van der Waals surface area contributed by atoms with Crippen LogP contribution in [0, 0.1) is 0 Å². The Morgan fingerprint density at radius 1 is 0.786 bits per heavy atom. The van der Waals surface area contributed by atoms with Crippen molar-refractivity contribution in [1.29, 1.82) is 0 Å². The second-order valence-electron chi connectivity index (χ2n) is 7.34. The highest BCUT2D eigenvalue weighted by Crippen LogP contribution is 2.21. The zero-order valence-corrected chi connectivity index (χ0v) is 18.3. The highest BCUT2D eigenvalue weighted by molar-refractivity contribution is 7.86. The Hall–Kier alpha value is -1.81. The van der Waals surface area contributed by atoms with Crippen molar-refractivity contribution >= 4 is 22.4 Å². The van der Waals surface area contributed by atoms with Crippen LogP contribution in [-0.2, 0) is 11.0 Å². The minimum Gasteiger partial charge on any atom is -0.372 e. The maximum Gasteiger partial charge on any atom is 0.150 e. The van der Waals surface area contributed by atoms with Crippen molar-refractivity contribution in [2.75, 3.05) is 22.7 Å². The zero-order chi connectivity index (χ0) is 20.0. The summed E-state index contributed by atoms with van der Waals surface area (Å²) in [5, 5.41) is 0. The molecule has 4 heteroatoms. The number of nitrogens with zero attached hydrogens (tertiary/aromatic N) is 1. The minimum absolute atomic E-state index is 0.827. The molecule has 0 heterocycles. The lowest BCUT2D eigenvalue weighted by atomic mass is 10.1. The average molecular weight is 401 g/mol. The topological polar surface area (TPSA) is 32.3 Å². The molecule has 3 nitrogen and oxygen atoms in total. The predicted octanol–water partition coefficient (Wildman–Crippen LogP) is 6.79. The van der Waals surface area contributed by atoms with Gasteiger partial charge in [-0.1, -0.05) is 76.6 Å². The number of unbranched alkanes of at least 4 members (excludes halogenated alkanes) is 6. The standard InChI is InChI=1S/C24H36N2OS/c1-3-5-7-12-19-26(20-13-8-6-4-2)23-17-14-18-24(21-23)28(27)25-22-15-10-9-11-16-22/h9-11,14-18,21,25H,3-8,12-13,19-20H2,1-2H3. The first-order valence-electron chi connectivity index (χ1n) is 10.8. The van der Waals surface area contributed by atoms with Gasteiger partial charge in [0, 0.05) is 24.5 Å². The van der Waals surface area contributed by atoms with Gasteiger partial charge in [-0.3, -0.25) is 0 Å². The summed E-state index contributed by atoms with van der Waals surface area (Å²) in [5.41, 5.74) is 2.07. The molecule has 0 aromatic heterocycles. The number of anilines is 2. The molecule has 0 saturated carbocycles. The number of hydrogen-bond acceptors (Lipinski definition) is 2. The fourth-order valence-corrected chi connectivity index (χ4v) is 4.19. The van der Waals surface area contributed by atoms with Crippen molar-refractivity contribution in [2.24, 2.45) is 0 Å². The van der Waals surface area contributed by atoms with Gasteiger partial charge < -0.3 is 9.62 Å². The quantitative estimate of drug-likeness (QED) is 0.354. The van der Waals surface area contributed by atoms with E-state index in [2.05, 4.69) is 35.6 Å². The number of benzene rings is 2. The van der Waals surface area contributed by atoms with Crippen LogP contribution in [-0.4, -0.2) is 17.3 Å². The molecule has 0 amide bonds. The molecule has 0 aliphatic carbocycles. The van der Waals surface area contributed by atoms with Gasteiger partial charge in [-0.15, -0.1) is 0 Å². The normalized spacial score (nSPS) is 11.9. The first-order chi connectivity index (χ1) is 13.7. The van der Waals surface area contributed by atoms with Crippen LogP contribution in [0.5, 0.6) is 0 Å². The van der Waals surface area contributed by atoms with Gasteiger partial charge in [0.15, 0.2) is 0 Å². The van der Waals surface area contributed by atoms with Crippen molar-refractivity contribution in [3.05, 3.63) is 54.6 Å². The maximum atomic E-state index is 12.8. The van der Waals surface area contributed by atoms with Crippen LogP contribution in [0.25, 0.3) is 0 Å². The minimum atomic E-state index is -1.26. The van der Waals surface area contributed by atoms with Crippen molar-refractivity contribution < 1.29 is 4.21 Å². The van der Waals surface area contributed by atoms with E-state index in [0.29, 0.717) is 0 Å². The van der Waals surface area contributed by atoms with Gasteiger partial charge in [0.05, 0.1) is 4.90 Å². The highest BCUT2D eigenvalue weighted by atomic mass is 32.2. The second-order valence-corrected chi connectivity index (χ2v) is 8.56.